The molecule has 0 heterocycles. The molecule has 0 radical (unpaired) electrons. The maximum absolute atomic E-state index is 13.3. The Kier molecular flexibility index (Phi) is 6.76. The Morgan fingerprint density at radius 1 is 1.07 bits per heavy atom. The zero-order valence-corrected chi connectivity index (χ0v) is 15.5. The Labute approximate surface area is 167 Å². The highest BCUT2D eigenvalue weighted by atomic mass is 19.4. The number of ether oxygens (including phenoxy) is 1. The van der Waals surface area contributed by atoms with Crippen LogP contribution in [0.4, 0.5) is 26.3 Å². The molecule has 0 aliphatic heterocycles. The van der Waals surface area contributed by atoms with Gasteiger partial charge in [0.05, 0.1) is 11.1 Å². The Morgan fingerprint density at radius 3 is 2.13 bits per heavy atom. The van der Waals surface area contributed by atoms with Gasteiger partial charge in [0.15, 0.2) is 6.10 Å². The van der Waals surface area contributed by atoms with Crippen molar-refractivity contribution >= 4 is 11.7 Å². The molecule has 162 valence electrons. The third-order valence-corrected chi connectivity index (χ3v) is 4.17. The summed E-state index contributed by atoms with van der Waals surface area (Å²) < 4.78 is 83.4. The molecule has 1 atom stereocenters. The average Bonchev–Trinajstić information content (AvgIpc) is 2.65. The number of rotatable bonds is 6. The lowest BCUT2D eigenvalue weighted by Crippen LogP contribution is -2.31. The molecule has 30 heavy (non-hydrogen) atoms. The molecule has 11 heteroatoms. The van der Waals surface area contributed by atoms with E-state index in [2.05, 4.69) is 5.32 Å². The molecular formula is C19H17F6N3O2. The number of alkyl halides is 6. The lowest BCUT2D eigenvalue weighted by Gasteiger charge is -2.21. The lowest BCUT2D eigenvalue weighted by atomic mass is 9.98. The summed E-state index contributed by atoms with van der Waals surface area (Å²) in [5, 5.41) is 9.69. The van der Waals surface area contributed by atoms with Gasteiger partial charge in [-0.1, -0.05) is 30.3 Å². The standard InChI is InChI=1S/C19H17F6N3O2/c1-30-15(17(29)28-9-10-2-4-11(5-3-10)16(26)27)13-7-6-12(18(20,21)22)8-14(13)19(23,24)25/h2-8,15H,9H2,1H3,(H3,26,27)(H,28,29). The minimum atomic E-state index is -5.13. The molecule has 0 saturated heterocycles. The maximum atomic E-state index is 13.3. The second kappa shape index (κ2) is 8.74. The van der Waals surface area contributed by atoms with Crippen LogP contribution < -0.4 is 11.1 Å². The lowest BCUT2D eigenvalue weighted by molar-refractivity contribution is -0.145. The first-order valence-electron chi connectivity index (χ1n) is 8.36. The molecule has 0 aromatic heterocycles. The minimum absolute atomic E-state index is 0.0465. The number of amidine groups is 1. The molecule has 2 aromatic carbocycles. The third-order valence-electron chi connectivity index (χ3n) is 4.17. The highest BCUT2D eigenvalue weighted by Gasteiger charge is 2.40. The number of halogens is 6. The zero-order valence-electron chi connectivity index (χ0n) is 15.5. The Bertz CT molecular complexity index is 923. The molecule has 2 rings (SSSR count). The van der Waals surface area contributed by atoms with Gasteiger partial charge in [0.1, 0.15) is 5.84 Å². The molecule has 0 aliphatic rings. The number of nitrogens with one attached hydrogen (secondary N) is 2. The molecule has 4 N–H and O–H groups in total. The van der Waals surface area contributed by atoms with Crippen LogP contribution in [-0.2, 0) is 28.4 Å². The largest absolute Gasteiger partial charge is 0.416 e. The SMILES string of the molecule is COC(C(=O)NCc1ccc(C(=N)N)cc1)c1ccc(C(F)(F)F)cc1C(F)(F)F. The van der Waals surface area contributed by atoms with Gasteiger partial charge in [-0.2, -0.15) is 26.3 Å². The molecule has 1 amide bonds. The molecule has 2 aromatic rings. The molecule has 0 bridgehead atoms. The summed E-state index contributed by atoms with van der Waals surface area (Å²) in [5.41, 5.74) is 2.51. The number of hydrogen-bond acceptors (Lipinski definition) is 3. The molecule has 5 nitrogen and oxygen atoms in total. The maximum Gasteiger partial charge on any atom is 0.416 e. The topological polar surface area (TPSA) is 88.2 Å². The first kappa shape index (κ1) is 23.2. The van der Waals surface area contributed by atoms with Crippen molar-refractivity contribution in [3.63, 3.8) is 0 Å². The molecule has 1 unspecified atom stereocenters. The summed E-state index contributed by atoms with van der Waals surface area (Å²) in [7, 11) is 0.976. The van der Waals surface area contributed by atoms with E-state index < -0.39 is 41.1 Å². The van der Waals surface area contributed by atoms with E-state index in [-0.39, 0.29) is 18.4 Å². The fourth-order valence-electron chi connectivity index (χ4n) is 2.67. The van der Waals surface area contributed by atoms with Crippen LogP contribution in [0.15, 0.2) is 42.5 Å². The van der Waals surface area contributed by atoms with Crippen LogP contribution in [0.3, 0.4) is 0 Å². The summed E-state index contributed by atoms with van der Waals surface area (Å²) in [6.07, 6.45) is -11.9. The number of benzene rings is 2. The third kappa shape index (κ3) is 5.50. The van der Waals surface area contributed by atoms with Crippen LogP contribution in [0.1, 0.15) is 33.9 Å². The van der Waals surface area contributed by atoms with Gasteiger partial charge in [-0.15, -0.1) is 0 Å². The van der Waals surface area contributed by atoms with Crippen molar-refractivity contribution < 1.29 is 35.9 Å². The second-order valence-electron chi connectivity index (χ2n) is 6.24. The van der Waals surface area contributed by atoms with E-state index in [9.17, 15) is 31.1 Å². The fourth-order valence-corrected chi connectivity index (χ4v) is 2.67. The van der Waals surface area contributed by atoms with E-state index in [1.54, 1.807) is 12.1 Å². The van der Waals surface area contributed by atoms with Gasteiger partial charge in [0.2, 0.25) is 0 Å². The predicted molar refractivity (Wildman–Crippen MR) is 95.5 cm³/mol. The van der Waals surface area contributed by atoms with Crippen molar-refractivity contribution in [1.82, 2.24) is 5.32 Å². The number of nitrogen functional groups attached to an aromatic ring is 1. The molecule has 0 saturated carbocycles. The van der Waals surface area contributed by atoms with Crippen LogP contribution in [0.5, 0.6) is 0 Å². The van der Waals surface area contributed by atoms with Crippen molar-refractivity contribution in [3.05, 3.63) is 70.3 Å². The van der Waals surface area contributed by atoms with Crippen LogP contribution >= 0.6 is 0 Å². The summed E-state index contributed by atoms with van der Waals surface area (Å²) in [5.74, 6) is -1.12. The average molecular weight is 433 g/mol. The smallest absolute Gasteiger partial charge is 0.384 e. The van der Waals surface area contributed by atoms with Crippen LogP contribution in [-0.4, -0.2) is 18.9 Å². The highest BCUT2D eigenvalue weighted by Crippen LogP contribution is 2.39. The van der Waals surface area contributed by atoms with Crippen LogP contribution in [0.2, 0.25) is 0 Å². The summed E-state index contributed by atoms with van der Waals surface area (Å²) in [4.78, 5) is 12.4. The molecular weight excluding hydrogens is 416 g/mol. The van der Waals surface area contributed by atoms with Gasteiger partial charge < -0.3 is 15.8 Å². The van der Waals surface area contributed by atoms with Gasteiger partial charge >= 0.3 is 12.4 Å². The van der Waals surface area contributed by atoms with Crippen LogP contribution in [0, 0.1) is 5.41 Å². The van der Waals surface area contributed by atoms with Gasteiger partial charge in [0.25, 0.3) is 5.91 Å². The van der Waals surface area contributed by atoms with Gasteiger partial charge in [-0.05, 0) is 17.7 Å². The normalized spacial score (nSPS) is 13.0. The molecule has 0 fully saturated rings. The first-order valence-corrected chi connectivity index (χ1v) is 8.36. The first-order chi connectivity index (χ1) is 13.8. The highest BCUT2D eigenvalue weighted by molar-refractivity contribution is 5.94. The number of carbonyl (C=O) groups is 1. The van der Waals surface area contributed by atoms with Gasteiger partial charge in [0, 0.05) is 24.8 Å². The van der Waals surface area contributed by atoms with Gasteiger partial charge in [-0.25, -0.2) is 0 Å². The summed E-state index contributed by atoms with van der Waals surface area (Å²) in [6, 6.07) is 7.15. The Hall–Kier alpha value is -3.08. The summed E-state index contributed by atoms with van der Waals surface area (Å²) in [6.45, 7) is -0.0845. The number of hydrogen-bond donors (Lipinski definition) is 3. The fraction of sp³-hybridized carbons (Fsp3) is 0.263. The van der Waals surface area contributed by atoms with Crippen molar-refractivity contribution in [2.75, 3.05) is 7.11 Å². The second-order valence-corrected chi connectivity index (χ2v) is 6.24. The van der Waals surface area contributed by atoms with E-state index in [0.717, 1.165) is 7.11 Å². The molecule has 0 spiro atoms. The van der Waals surface area contributed by atoms with E-state index in [1.165, 1.54) is 12.1 Å². The van der Waals surface area contributed by atoms with Crippen molar-refractivity contribution in [1.29, 1.82) is 5.41 Å². The van der Waals surface area contributed by atoms with Gasteiger partial charge in [-0.3, -0.25) is 10.2 Å². The minimum Gasteiger partial charge on any atom is -0.384 e. The van der Waals surface area contributed by atoms with E-state index in [0.29, 0.717) is 23.3 Å². The van der Waals surface area contributed by atoms with Crippen molar-refractivity contribution in [3.8, 4) is 0 Å². The van der Waals surface area contributed by atoms with Crippen molar-refractivity contribution in [2.45, 2.75) is 25.0 Å². The zero-order chi connectivity index (χ0) is 22.7. The quantitative estimate of drug-likeness (QED) is 0.365. The summed E-state index contributed by atoms with van der Waals surface area (Å²) >= 11 is 0. The van der Waals surface area contributed by atoms with E-state index >= 15 is 0 Å². The van der Waals surface area contributed by atoms with Crippen LogP contribution in [0.25, 0.3) is 0 Å². The Balaban J connectivity index is 2.27. The molecule has 0 aliphatic carbocycles. The predicted octanol–water partition coefficient (Wildman–Crippen LogP) is 4.01. The van der Waals surface area contributed by atoms with E-state index in [1.807, 2.05) is 0 Å². The van der Waals surface area contributed by atoms with Crippen molar-refractivity contribution in [2.24, 2.45) is 5.73 Å². The number of carbonyl (C=O) groups excluding carboxylic acids is 1. The number of amides is 1. The number of methoxy groups -OCH3 is 1. The van der Waals surface area contributed by atoms with E-state index in [4.69, 9.17) is 15.9 Å². The number of nitrogens with two attached hydrogens (primary N) is 1. The monoisotopic (exact) mass is 433 g/mol. The Morgan fingerprint density at radius 2 is 1.67 bits per heavy atom.